The average molecular weight is 363 g/mol. The van der Waals surface area contributed by atoms with Gasteiger partial charge in [0.25, 0.3) is 0 Å². The molecule has 0 spiro atoms. The van der Waals surface area contributed by atoms with E-state index in [1.54, 1.807) is 12.1 Å². The van der Waals surface area contributed by atoms with Gasteiger partial charge in [-0.05, 0) is 18.2 Å². The highest BCUT2D eigenvalue weighted by atomic mass is 79.9. The number of alkyl halides is 1. The zero-order chi connectivity index (χ0) is 14.6. The van der Waals surface area contributed by atoms with Gasteiger partial charge in [0.2, 0.25) is 15.9 Å². The highest BCUT2D eigenvalue weighted by Gasteiger charge is 2.26. The number of anilines is 1. The molecule has 2 rings (SSSR count). The standard InChI is InChI=1S/C12H15BrN2O4S/c13-9-12(16)14-10-2-1-3-11(8-10)20(17,18)15-4-6-19-7-5-15/h1-3,8H,4-7,9H2,(H,14,16). The predicted molar refractivity (Wildman–Crippen MR) is 78.4 cm³/mol. The minimum atomic E-state index is -3.54. The molecule has 1 aromatic carbocycles. The lowest BCUT2D eigenvalue weighted by Gasteiger charge is -2.26. The van der Waals surface area contributed by atoms with Gasteiger partial charge in [-0.25, -0.2) is 8.42 Å². The first-order valence-electron chi connectivity index (χ1n) is 6.08. The predicted octanol–water partition coefficient (Wildman–Crippen LogP) is 1.04. The summed E-state index contributed by atoms with van der Waals surface area (Å²) in [6.45, 7) is 1.50. The molecule has 8 heteroatoms. The molecule has 6 nitrogen and oxygen atoms in total. The number of morpholine rings is 1. The van der Waals surface area contributed by atoms with Crippen LogP contribution in [0.4, 0.5) is 5.69 Å². The molecule has 1 aromatic rings. The zero-order valence-electron chi connectivity index (χ0n) is 10.7. The first kappa shape index (κ1) is 15.4. The molecule has 110 valence electrons. The first-order chi connectivity index (χ1) is 9.54. The highest BCUT2D eigenvalue weighted by Crippen LogP contribution is 2.20. The Morgan fingerprint density at radius 1 is 1.35 bits per heavy atom. The molecule has 20 heavy (non-hydrogen) atoms. The summed E-state index contributed by atoms with van der Waals surface area (Å²) in [4.78, 5) is 11.5. The minimum Gasteiger partial charge on any atom is -0.379 e. The van der Waals surface area contributed by atoms with Crippen molar-refractivity contribution in [2.24, 2.45) is 0 Å². The molecule has 1 fully saturated rings. The zero-order valence-corrected chi connectivity index (χ0v) is 13.1. The quantitative estimate of drug-likeness (QED) is 0.812. The number of hydrogen-bond donors (Lipinski definition) is 1. The molecule has 1 N–H and O–H groups in total. The van der Waals surface area contributed by atoms with Gasteiger partial charge in [0, 0.05) is 18.8 Å². The third-order valence-corrected chi connectivity index (χ3v) is 5.25. The van der Waals surface area contributed by atoms with Gasteiger partial charge in [-0.3, -0.25) is 4.79 Å². The Bertz CT molecular complexity index is 585. The lowest BCUT2D eigenvalue weighted by Crippen LogP contribution is -2.40. The van der Waals surface area contributed by atoms with Crippen LogP contribution >= 0.6 is 15.9 Å². The van der Waals surface area contributed by atoms with Crippen LogP contribution in [0.2, 0.25) is 0 Å². The molecule has 1 amide bonds. The van der Waals surface area contributed by atoms with Crippen molar-refractivity contribution in [3.05, 3.63) is 24.3 Å². The molecular formula is C12H15BrN2O4S. The Morgan fingerprint density at radius 3 is 2.70 bits per heavy atom. The van der Waals surface area contributed by atoms with E-state index in [2.05, 4.69) is 21.2 Å². The van der Waals surface area contributed by atoms with Crippen LogP contribution in [0.5, 0.6) is 0 Å². The SMILES string of the molecule is O=C(CBr)Nc1cccc(S(=O)(=O)N2CCOCC2)c1. The number of halogens is 1. The van der Waals surface area contributed by atoms with E-state index in [4.69, 9.17) is 4.74 Å². The van der Waals surface area contributed by atoms with Gasteiger partial charge in [0.1, 0.15) is 0 Å². The van der Waals surface area contributed by atoms with Crippen LogP contribution in [0.3, 0.4) is 0 Å². The fraction of sp³-hybridized carbons (Fsp3) is 0.417. The van der Waals surface area contributed by atoms with Crippen molar-refractivity contribution < 1.29 is 17.9 Å². The van der Waals surface area contributed by atoms with Crippen molar-refractivity contribution >= 4 is 37.5 Å². The number of benzene rings is 1. The van der Waals surface area contributed by atoms with E-state index in [0.29, 0.717) is 32.0 Å². The van der Waals surface area contributed by atoms with Crippen LogP contribution < -0.4 is 5.32 Å². The number of hydrogen-bond acceptors (Lipinski definition) is 4. The summed E-state index contributed by atoms with van der Waals surface area (Å²) in [6.07, 6.45) is 0. The number of amides is 1. The topological polar surface area (TPSA) is 75.7 Å². The molecule has 1 aliphatic rings. The molecule has 1 saturated heterocycles. The maximum absolute atomic E-state index is 12.4. The average Bonchev–Trinajstić information content (AvgIpc) is 2.48. The number of rotatable bonds is 4. The molecule has 0 aromatic heterocycles. The van der Waals surface area contributed by atoms with Gasteiger partial charge < -0.3 is 10.1 Å². The molecule has 1 aliphatic heterocycles. The molecule has 0 unspecified atom stereocenters. The van der Waals surface area contributed by atoms with Gasteiger partial charge >= 0.3 is 0 Å². The number of sulfonamides is 1. The summed E-state index contributed by atoms with van der Waals surface area (Å²) in [6, 6.07) is 6.25. The van der Waals surface area contributed by atoms with Crippen LogP contribution in [0.25, 0.3) is 0 Å². The van der Waals surface area contributed by atoms with Crippen molar-refractivity contribution in [1.82, 2.24) is 4.31 Å². The number of nitrogens with one attached hydrogen (secondary N) is 1. The second-order valence-electron chi connectivity index (χ2n) is 4.23. The summed E-state index contributed by atoms with van der Waals surface area (Å²) in [5.74, 6) is -0.231. The smallest absolute Gasteiger partial charge is 0.243 e. The Hall–Kier alpha value is -0.960. The summed E-state index contributed by atoms with van der Waals surface area (Å²) in [5, 5.41) is 2.77. The number of carbonyl (C=O) groups is 1. The van der Waals surface area contributed by atoms with Crippen molar-refractivity contribution in [1.29, 1.82) is 0 Å². The van der Waals surface area contributed by atoms with Crippen molar-refractivity contribution in [2.45, 2.75) is 4.90 Å². The maximum atomic E-state index is 12.4. The Labute approximate surface area is 126 Å². The van der Waals surface area contributed by atoms with E-state index in [-0.39, 0.29) is 16.1 Å². The Kier molecular flexibility index (Phi) is 5.14. The minimum absolute atomic E-state index is 0.160. The molecule has 0 saturated carbocycles. The third kappa shape index (κ3) is 3.57. The van der Waals surface area contributed by atoms with E-state index in [1.807, 2.05) is 0 Å². The van der Waals surface area contributed by atoms with Crippen LogP contribution in [-0.4, -0.2) is 50.3 Å². The normalized spacial score (nSPS) is 16.9. The fourth-order valence-electron chi connectivity index (χ4n) is 1.86. The second-order valence-corrected chi connectivity index (χ2v) is 6.72. The molecule has 1 heterocycles. The van der Waals surface area contributed by atoms with Crippen LogP contribution in [0.15, 0.2) is 29.2 Å². The third-order valence-electron chi connectivity index (χ3n) is 2.85. The number of nitrogens with zero attached hydrogens (tertiary/aromatic N) is 1. The first-order valence-corrected chi connectivity index (χ1v) is 8.64. The lowest BCUT2D eigenvalue weighted by molar-refractivity contribution is -0.113. The van der Waals surface area contributed by atoms with E-state index < -0.39 is 10.0 Å². The molecule has 0 atom stereocenters. The summed E-state index contributed by atoms with van der Waals surface area (Å²) < 4.78 is 31.4. The van der Waals surface area contributed by atoms with Gasteiger partial charge in [-0.1, -0.05) is 22.0 Å². The number of carbonyl (C=O) groups excluding carboxylic acids is 1. The molecular weight excluding hydrogens is 348 g/mol. The van der Waals surface area contributed by atoms with Crippen LogP contribution in [-0.2, 0) is 19.6 Å². The van der Waals surface area contributed by atoms with Gasteiger partial charge in [-0.2, -0.15) is 4.31 Å². The van der Waals surface area contributed by atoms with Crippen molar-refractivity contribution in [2.75, 3.05) is 37.0 Å². The summed E-state index contributed by atoms with van der Waals surface area (Å²) in [5.41, 5.74) is 0.462. The highest BCUT2D eigenvalue weighted by molar-refractivity contribution is 9.09. The number of ether oxygens (including phenoxy) is 1. The van der Waals surface area contributed by atoms with Gasteiger partial charge in [0.05, 0.1) is 23.4 Å². The maximum Gasteiger partial charge on any atom is 0.243 e. The van der Waals surface area contributed by atoms with Crippen molar-refractivity contribution in [3.63, 3.8) is 0 Å². The van der Waals surface area contributed by atoms with Crippen LogP contribution in [0.1, 0.15) is 0 Å². The Balaban J connectivity index is 2.23. The van der Waals surface area contributed by atoms with E-state index in [1.165, 1.54) is 16.4 Å². The fourth-order valence-corrected chi connectivity index (χ4v) is 3.46. The van der Waals surface area contributed by atoms with E-state index in [0.717, 1.165) is 0 Å². The van der Waals surface area contributed by atoms with Crippen molar-refractivity contribution in [3.8, 4) is 0 Å². The van der Waals surface area contributed by atoms with Gasteiger partial charge in [-0.15, -0.1) is 0 Å². The second kappa shape index (κ2) is 6.66. The molecule has 0 bridgehead atoms. The Morgan fingerprint density at radius 2 is 2.05 bits per heavy atom. The summed E-state index contributed by atoms with van der Waals surface area (Å²) >= 11 is 3.04. The summed E-state index contributed by atoms with van der Waals surface area (Å²) in [7, 11) is -3.54. The van der Waals surface area contributed by atoms with E-state index >= 15 is 0 Å². The molecule has 0 aliphatic carbocycles. The van der Waals surface area contributed by atoms with Gasteiger partial charge in [0.15, 0.2) is 0 Å². The monoisotopic (exact) mass is 362 g/mol. The largest absolute Gasteiger partial charge is 0.379 e. The molecule has 0 radical (unpaired) electrons. The lowest BCUT2D eigenvalue weighted by atomic mass is 10.3. The van der Waals surface area contributed by atoms with E-state index in [9.17, 15) is 13.2 Å². The van der Waals surface area contributed by atoms with Crippen LogP contribution in [0, 0.1) is 0 Å².